The number of sulfone groups is 1. The molecule has 1 aliphatic rings. The van der Waals surface area contributed by atoms with E-state index in [0.29, 0.717) is 17.4 Å². The highest BCUT2D eigenvalue weighted by molar-refractivity contribution is 7.90. The maximum Gasteiger partial charge on any atom is 0.319 e. The van der Waals surface area contributed by atoms with Crippen molar-refractivity contribution in [3.05, 3.63) is 24.3 Å². The number of ether oxygens (including phenoxy) is 1. The van der Waals surface area contributed by atoms with E-state index in [-0.39, 0.29) is 24.4 Å². The minimum Gasteiger partial charge on any atom is -0.492 e. The summed E-state index contributed by atoms with van der Waals surface area (Å²) in [5, 5.41) is 5.84. The Kier molecular flexibility index (Phi) is 6.48. The van der Waals surface area contributed by atoms with Crippen LogP contribution in [0.2, 0.25) is 0 Å². The summed E-state index contributed by atoms with van der Waals surface area (Å²) in [4.78, 5) is 12.1. The summed E-state index contributed by atoms with van der Waals surface area (Å²) < 4.78 is 27.6. The van der Waals surface area contributed by atoms with Gasteiger partial charge in [-0.15, -0.1) is 0 Å². The van der Waals surface area contributed by atoms with Gasteiger partial charge in [-0.1, -0.05) is 25.8 Å². The van der Waals surface area contributed by atoms with Gasteiger partial charge in [0.15, 0.2) is 9.84 Å². The zero-order valence-electron chi connectivity index (χ0n) is 14.2. The molecule has 0 bridgehead atoms. The van der Waals surface area contributed by atoms with E-state index in [0.717, 1.165) is 19.3 Å². The number of anilines is 1. The van der Waals surface area contributed by atoms with Crippen molar-refractivity contribution in [2.45, 2.75) is 38.6 Å². The van der Waals surface area contributed by atoms with Crippen LogP contribution in [0.4, 0.5) is 10.5 Å². The standard InChI is InChI=1S/C17H26N2O4S/c1-13-6-3-4-9-16(13)19-17(20)18-14-7-5-8-15(12-14)23-10-11-24(2,21)22/h5,7-8,12-13,16H,3-4,6,9-11H2,1-2H3,(H2,18,19,20). The zero-order valence-corrected chi connectivity index (χ0v) is 15.1. The summed E-state index contributed by atoms with van der Waals surface area (Å²) in [6, 6.07) is 6.94. The molecule has 1 aliphatic carbocycles. The molecule has 2 amide bonds. The molecule has 0 aliphatic heterocycles. The van der Waals surface area contributed by atoms with Gasteiger partial charge in [0.05, 0.1) is 5.75 Å². The Bertz CT molecular complexity index is 660. The summed E-state index contributed by atoms with van der Waals surface area (Å²) in [6.07, 6.45) is 5.72. The normalized spacial score (nSPS) is 21.1. The number of rotatable bonds is 6. The highest BCUT2D eigenvalue weighted by atomic mass is 32.2. The van der Waals surface area contributed by atoms with Gasteiger partial charge in [-0.3, -0.25) is 0 Å². The first kappa shape index (κ1) is 18.6. The molecular formula is C17H26N2O4S. The van der Waals surface area contributed by atoms with Crippen LogP contribution in [0.25, 0.3) is 0 Å². The van der Waals surface area contributed by atoms with Crippen molar-refractivity contribution < 1.29 is 17.9 Å². The second-order valence-electron chi connectivity index (χ2n) is 6.47. The molecule has 0 saturated heterocycles. The Morgan fingerprint density at radius 2 is 2.04 bits per heavy atom. The van der Waals surface area contributed by atoms with Crippen molar-refractivity contribution in [3.8, 4) is 5.75 Å². The highest BCUT2D eigenvalue weighted by Gasteiger charge is 2.22. The molecule has 24 heavy (non-hydrogen) atoms. The van der Waals surface area contributed by atoms with Gasteiger partial charge in [-0.05, 0) is 30.9 Å². The molecule has 2 rings (SSSR count). The van der Waals surface area contributed by atoms with Gasteiger partial charge in [0.2, 0.25) is 0 Å². The molecule has 6 nitrogen and oxygen atoms in total. The van der Waals surface area contributed by atoms with Crippen LogP contribution in [0.5, 0.6) is 5.75 Å². The van der Waals surface area contributed by atoms with E-state index < -0.39 is 9.84 Å². The van der Waals surface area contributed by atoms with E-state index in [1.807, 2.05) is 0 Å². The van der Waals surface area contributed by atoms with Crippen molar-refractivity contribution in [2.24, 2.45) is 5.92 Å². The molecule has 0 heterocycles. The lowest BCUT2D eigenvalue weighted by molar-refractivity contribution is 0.232. The maximum atomic E-state index is 12.1. The van der Waals surface area contributed by atoms with Gasteiger partial charge in [-0.25, -0.2) is 13.2 Å². The molecule has 134 valence electrons. The summed E-state index contributed by atoms with van der Waals surface area (Å²) in [6.45, 7) is 2.26. The second-order valence-corrected chi connectivity index (χ2v) is 8.73. The van der Waals surface area contributed by atoms with Gasteiger partial charge >= 0.3 is 6.03 Å². The molecule has 0 spiro atoms. The summed E-state index contributed by atoms with van der Waals surface area (Å²) in [7, 11) is -3.05. The SMILES string of the molecule is CC1CCCCC1NC(=O)Nc1cccc(OCCS(C)(=O)=O)c1. The fourth-order valence-corrected chi connectivity index (χ4v) is 3.23. The lowest BCUT2D eigenvalue weighted by Crippen LogP contribution is -2.43. The predicted molar refractivity (Wildman–Crippen MR) is 95.2 cm³/mol. The number of nitrogens with one attached hydrogen (secondary N) is 2. The van der Waals surface area contributed by atoms with E-state index in [9.17, 15) is 13.2 Å². The quantitative estimate of drug-likeness (QED) is 0.823. The lowest BCUT2D eigenvalue weighted by atomic mass is 9.86. The van der Waals surface area contributed by atoms with Crippen molar-refractivity contribution in [1.82, 2.24) is 5.32 Å². The molecule has 1 aromatic carbocycles. The minimum atomic E-state index is -3.05. The predicted octanol–water partition coefficient (Wildman–Crippen LogP) is 2.81. The van der Waals surface area contributed by atoms with Gasteiger partial charge in [-0.2, -0.15) is 0 Å². The summed E-state index contributed by atoms with van der Waals surface area (Å²) in [5.74, 6) is 0.989. The smallest absolute Gasteiger partial charge is 0.319 e. The molecule has 0 radical (unpaired) electrons. The molecule has 0 aromatic heterocycles. The average molecular weight is 354 g/mol. The van der Waals surface area contributed by atoms with E-state index in [1.165, 1.54) is 12.7 Å². The Morgan fingerprint density at radius 3 is 2.75 bits per heavy atom. The zero-order chi connectivity index (χ0) is 17.6. The van der Waals surface area contributed by atoms with Crippen LogP contribution in [-0.4, -0.2) is 39.1 Å². The molecule has 2 N–H and O–H groups in total. The molecule has 1 aromatic rings. The molecule has 1 saturated carbocycles. The van der Waals surface area contributed by atoms with E-state index in [1.54, 1.807) is 24.3 Å². The van der Waals surface area contributed by atoms with Crippen LogP contribution in [0.15, 0.2) is 24.3 Å². The van der Waals surface area contributed by atoms with Crippen LogP contribution in [-0.2, 0) is 9.84 Å². The van der Waals surface area contributed by atoms with Gasteiger partial charge < -0.3 is 15.4 Å². The third-order valence-corrected chi connectivity index (χ3v) is 5.15. The molecule has 1 fully saturated rings. The van der Waals surface area contributed by atoms with Crippen LogP contribution in [0, 0.1) is 5.92 Å². The van der Waals surface area contributed by atoms with Gasteiger partial charge in [0, 0.05) is 24.1 Å². The van der Waals surface area contributed by atoms with Crippen molar-refractivity contribution in [3.63, 3.8) is 0 Å². The lowest BCUT2D eigenvalue weighted by Gasteiger charge is -2.29. The Hall–Kier alpha value is -1.76. The monoisotopic (exact) mass is 354 g/mol. The van der Waals surface area contributed by atoms with E-state index in [4.69, 9.17) is 4.74 Å². The topological polar surface area (TPSA) is 84.5 Å². The van der Waals surface area contributed by atoms with Gasteiger partial charge in [0.1, 0.15) is 12.4 Å². The highest BCUT2D eigenvalue weighted by Crippen LogP contribution is 2.24. The number of amides is 2. The van der Waals surface area contributed by atoms with Gasteiger partial charge in [0.25, 0.3) is 0 Å². The van der Waals surface area contributed by atoms with Crippen LogP contribution >= 0.6 is 0 Å². The van der Waals surface area contributed by atoms with Crippen LogP contribution in [0.1, 0.15) is 32.6 Å². The van der Waals surface area contributed by atoms with Crippen molar-refractivity contribution in [1.29, 1.82) is 0 Å². The largest absolute Gasteiger partial charge is 0.492 e. The minimum absolute atomic E-state index is 0.0370. The number of carbonyl (C=O) groups excluding carboxylic acids is 1. The molecule has 7 heteroatoms. The third kappa shape index (κ3) is 6.39. The molecular weight excluding hydrogens is 328 g/mol. The summed E-state index contributed by atoms with van der Waals surface area (Å²) in [5.41, 5.74) is 0.618. The van der Waals surface area contributed by atoms with Crippen LogP contribution < -0.4 is 15.4 Å². The summed E-state index contributed by atoms with van der Waals surface area (Å²) >= 11 is 0. The fraction of sp³-hybridized carbons (Fsp3) is 0.588. The Labute approximate surface area is 143 Å². The number of hydrogen-bond donors (Lipinski definition) is 2. The van der Waals surface area contributed by atoms with Crippen LogP contribution in [0.3, 0.4) is 0 Å². The number of urea groups is 1. The Morgan fingerprint density at radius 1 is 1.29 bits per heavy atom. The number of carbonyl (C=O) groups is 1. The number of hydrogen-bond acceptors (Lipinski definition) is 4. The van der Waals surface area contributed by atoms with E-state index >= 15 is 0 Å². The second kappa shape index (κ2) is 8.37. The Balaban J connectivity index is 1.85. The molecule has 2 atom stereocenters. The van der Waals surface area contributed by atoms with E-state index in [2.05, 4.69) is 17.6 Å². The first-order valence-corrected chi connectivity index (χ1v) is 10.4. The third-order valence-electron chi connectivity index (χ3n) is 4.24. The first-order chi connectivity index (χ1) is 11.3. The maximum absolute atomic E-state index is 12.1. The van der Waals surface area contributed by atoms with Crippen molar-refractivity contribution in [2.75, 3.05) is 23.9 Å². The average Bonchev–Trinajstić information content (AvgIpc) is 2.49. The first-order valence-electron chi connectivity index (χ1n) is 8.31. The fourth-order valence-electron chi connectivity index (χ4n) is 2.84. The molecule has 2 unspecified atom stereocenters. The van der Waals surface area contributed by atoms with Crippen molar-refractivity contribution >= 4 is 21.6 Å². The number of benzene rings is 1.